The van der Waals surface area contributed by atoms with E-state index in [0.717, 1.165) is 23.0 Å². The van der Waals surface area contributed by atoms with Crippen molar-refractivity contribution in [3.63, 3.8) is 0 Å². The van der Waals surface area contributed by atoms with Crippen LogP contribution in [0.5, 0.6) is 0 Å². The standard InChI is InChI=1S/C11H18N2O2S2/c1-3-8(6-16-2)12-11-13-9(7-17-11)4-5-10(14)15/h7-8H,3-6H2,1-2H3,(H,12,13)(H,14,15). The maximum atomic E-state index is 10.4. The molecule has 1 aromatic rings. The largest absolute Gasteiger partial charge is 0.481 e. The summed E-state index contributed by atoms with van der Waals surface area (Å²) in [7, 11) is 0. The van der Waals surface area contributed by atoms with Gasteiger partial charge in [0, 0.05) is 23.6 Å². The summed E-state index contributed by atoms with van der Waals surface area (Å²) in [6.07, 6.45) is 3.80. The fourth-order valence-corrected chi connectivity index (χ4v) is 2.90. The van der Waals surface area contributed by atoms with Gasteiger partial charge in [0.05, 0.1) is 12.1 Å². The average Bonchev–Trinajstić information content (AvgIpc) is 2.73. The van der Waals surface area contributed by atoms with Gasteiger partial charge in [-0.05, 0) is 12.7 Å². The van der Waals surface area contributed by atoms with Crippen LogP contribution in [-0.4, -0.2) is 34.1 Å². The molecule has 1 heterocycles. The Hall–Kier alpha value is -0.750. The van der Waals surface area contributed by atoms with Crippen LogP contribution in [-0.2, 0) is 11.2 Å². The molecule has 6 heteroatoms. The molecule has 0 amide bonds. The van der Waals surface area contributed by atoms with Crippen LogP contribution in [0, 0.1) is 0 Å². The van der Waals surface area contributed by atoms with Crippen LogP contribution in [0.4, 0.5) is 5.13 Å². The Labute approximate surface area is 110 Å². The molecule has 96 valence electrons. The van der Waals surface area contributed by atoms with E-state index >= 15 is 0 Å². The summed E-state index contributed by atoms with van der Waals surface area (Å²) in [4.78, 5) is 14.8. The van der Waals surface area contributed by atoms with Crippen molar-refractivity contribution in [1.82, 2.24) is 4.98 Å². The Morgan fingerprint density at radius 3 is 3.06 bits per heavy atom. The van der Waals surface area contributed by atoms with Gasteiger partial charge in [-0.15, -0.1) is 11.3 Å². The minimum absolute atomic E-state index is 0.144. The number of aliphatic carboxylic acids is 1. The van der Waals surface area contributed by atoms with E-state index < -0.39 is 5.97 Å². The van der Waals surface area contributed by atoms with Crippen LogP contribution >= 0.6 is 23.1 Å². The number of nitrogens with zero attached hydrogens (tertiary/aromatic N) is 1. The second-order valence-electron chi connectivity index (χ2n) is 3.74. The smallest absolute Gasteiger partial charge is 0.303 e. The van der Waals surface area contributed by atoms with Crippen molar-refractivity contribution < 1.29 is 9.90 Å². The number of aromatic nitrogens is 1. The molecule has 0 radical (unpaired) electrons. The highest BCUT2D eigenvalue weighted by Crippen LogP contribution is 2.19. The van der Waals surface area contributed by atoms with E-state index in [0.29, 0.717) is 12.5 Å². The summed E-state index contributed by atoms with van der Waals surface area (Å²) in [5.41, 5.74) is 0.860. The molecule has 0 bridgehead atoms. The lowest BCUT2D eigenvalue weighted by molar-refractivity contribution is -0.136. The molecule has 0 spiro atoms. The fraction of sp³-hybridized carbons (Fsp3) is 0.636. The van der Waals surface area contributed by atoms with E-state index in [2.05, 4.69) is 23.5 Å². The van der Waals surface area contributed by atoms with Gasteiger partial charge in [0.1, 0.15) is 0 Å². The van der Waals surface area contributed by atoms with Crippen molar-refractivity contribution in [2.24, 2.45) is 0 Å². The second-order valence-corrected chi connectivity index (χ2v) is 5.51. The number of carboxylic acids is 1. The number of anilines is 1. The van der Waals surface area contributed by atoms with Crippen molar-refractivity contribution in [2.45, 2.75) is 32.2 Å². The Morgan fingerprint density at radius 2 is 2.47 bits per heavy atom. The fourth-order valence-electron chi connectivity index (χ4n) is 1.36. The number of rotatable bonds is 8. The number of hydrogen-bond acceptors (Lipinski definition) is 5. The third-order valence-electron chi connectivity index (χ3n) is 2.34. The molecular weight excluding hydrogens is 256 g/mol. The van der Waals surface area contributed by atoms with E-state index in [4.69, 9.17) is 5.11 Å². The van der Waals surface area contributed by atoms with E-state index in [9.17, 15) is 4.79 Å². The van der Waals surface area contributed by atoms with E-state index in [-0.39, 0.29) is 6.42 Å². The Balaban J connectivity index is 2.46. The van der Waals surface area contributed by atoms with Crippen LogP contribution in [0.2, 0.25) is 0 Å². The Bertz CT molecular complexity index is 355. The molecule has 4 nitrogen and oxygen atoms in total. The molecule has 0 aliphatic rings. The van der Waals surface area contributed by atoms with Gasteiger partial charge in [-0.2, -0.15) is 11.8 Å². The molecule has 17 heavy (non-hydrogen) atoms. The zero-order chi connectivity index (χ0) is 12.7. The summed E-state index contributed by atoms with van der Waals surface area (Å²) in [6, 6.07) is 0.434. The van der Waals surface area contributed by atoms with Crippen molar-refractivity contribution >= 4 is 34.2 Å². The Morgan fingerprint density at radius 1 is 1.71 bits per heavy atom. The minimum Gasteiger partial charge on any atom is -0.481 e. The van der Waals surface area contributed by atoms with Crippen molar-refractivity contribution in [3.05, 3.63) is 11.1 Å². The normalized spacial score (nSPS) is 12.4. The maximum absolute atomic E-state index is 10.4. The van der Waals surface area contributed by atoms with Gasteiger partial charge in [-0.3, -0.25) is 4.79 Å². The van der Waals surface area contributed by atoms with Gasteiger partial charge < -0.3 is 10.4 Å². The summed E-state index contributed by atoms with van der Waals surface area (Å²) < 4.78 is 0. The second kappa shape index (κ2) is 7.55. The first-order valence-corrected chi connectivity index (χ1v) is 7.84. The van der Waals surface area contributed by atoms with Crippen LogP contribution < -0.4 is 5.32 Å². The maximum Gasteiger partial charge on any atom is 0.303 e. The van der Waals surface area contributed by atoms with Crippen molar-refractivity contribution in [1.29, 1.82) is 0 Å². The quantitative estimate of drug-likeness (QED) is 0.763. The van der Waals surface area contributed by atoms with Gasteiger partial charge in [-0.1, -0.05) is 6.92 Å². The third-order valence-corrected chi connectivity index (χ3v) is 3.89. The van der Waals surface area contributed by atoms with Gasteiger partial charge in [0.15, 0.2) is 5.13 Å². The van der Waals surface area contributed by atoms with E-state index in [1.54, 1.807) is 11.3 Å². The number of hydrogen-bond donors (Lipinski definition) is 2. The predicted molar refractivity (Wildman–Crippen MR) is 74.2 cm³/mol. The van der Waals surface area contributed by atoms with Gasteiger partial charge in [-0.25, -0.2) is 4.98 Å². The molecule has 1 unspecified atom stereocenters. The lowest BCUT2D eigenvalue weighted by Gasteiger charge is -2.14. The van der Waals surface area contributed by atoms with Gasteiger partial charge in [0.2, 0.25) is 0 Å². The summed E-state index contributed by atoms with van der Waals surface area (Å²) >= 11 is 3.36. The van der Waals surface area contributed by atoms with Crippen molar-refractivity contribution in [2.75, 3.05) is 17.3 Å². The molecule has 1 rings (SSSR count). The number of nitrogens with one attached hydrogen (secondary N) is 1. The SMILES string of the molecule is CCC(CSC)Nc1nc(CCC(=O)O)cs1. The number of carboxylic acid groups (broad SMARTS) is 1. The van der Waals surface area contributed by atoms with Gasteiger partial charge >= 0.3 is 5.97 Å². The first-order chi connectivity index (χ1) is 8.15. The summed E-state index contributed by atoms with van der Waals surface area (Å²) in [5, 5.41) is 14.8. The highest BCUT2D eigenvalue weighted by molar-refractivity contribution is 7.98. The highest BCUT2D eigenvalue weighted by Gasteiger charge is 2.09. The highest BCUT2D eigenvalue weighted by atomic mass is 32.2. The van der Waals surface area contributed by atoms with Crippen LogP contribution in [0.25, 0.3) is 0 Å². The topological polar surface area (TPSA) is 62.2 Å². The number of aryl methyl sites for hydroxylation is 1. The number of thiazole rings is 1. The monoisotopic (exact) mass is 274 g/mol. The zero-order valence-corrected chi connectivity index (χ0v) is 11.7. The molecule has 0 saturated heterocycles. The lowest BCUT2D eigenvalue weighted by atomic mass is 10.2. The third kappa shape index (κ3) is 5.41. The zero-order valence-electron chi connectivity index (χ0n) is 10.1. The predicted octanol–water partition coefficient (Wildman–Crippen LogP) is 2.71. The Kier molecular flexibility index (Phi) is 6.36. The van der Waals surface area contributed by atoms with Crippen LogP contribution in [0.3, 0.4) is 0 Å². The number of thioether (sulfide) groups is 1. The van der Waals surface area contributed by atoms with Crippen LogP contribution in [0.1, 0.15) is 25.5 Å². The molecule has 0 fully saturated rings. The minimum atomic E-state index is -0.777. The van der Waals surface area contributed by atoms with Crippen LogP contribution in [0.15, 0.2) is 5.38 Å². The van der Waals surface area contributed by atoms with E-state index in [1.807, 2.05) is 17.1 Å². The first-order valence-electron chi connectivity index (χ1n) is 5.57. The number of carbonyl (C=O) groups is 1. The molecule has 0 saturated carbocycles. The van der Waals surface area contributed by atoms with Crippen molar-refractivity contribution in [3.8, 4) is 0 Å². The van der Waals surface area contributed by atoms with E-state index in [1.165, 1.54) is 0 Å². The molecule has 2 N–H and O–H groups in total. The summed E-state index contributed by atoms with van der Waals surface area (Å²) in [5.74, 6) is 0.280. The first kappa shape index (κ1) is 14.3. The molecule has 0 aromatic carbocycles. The average molecular weight is 274 g/mol. The lowest BCUT2D eigenvalue weighted by Crippen LogP contribution is -2.20. The molecule has 0 aliphatic carbocycles. The molecule has 1 atom stereocenters. The molecular formula is C11H18N2O2S2. The molecule has 0 aliphatic heterocycles. The molecule has 1 aromatic heterocycles. The summed E-state index contributed by atoms with van der Waals surface area (Å²) in [6.45, 7) is 2.15. The van der Waals surface area contributed by atoms with Gasteiger partial charge in [0.25, 0.3) is 0 Å².